The van der Waals surface area contributed by atoms with Crippen molar-refractivity contribution in [2.75, 3.05) is 18.0 Å². The van der Waals surface area contributed by atoms with E-state index in [1.54, 1.807) is 0 Å². The van der Waals surface area contributed by atoms with Crippen LogP contribution in [0.2, 0.25) is 0 Å². The molecule has 0 atom stereocenters. The van der Waals surface area contributed by atoms with E-state index in [-0.39, 0.29) is 0 Å². The van der Waals surface area contributed by atoms with Gasteiger partial charge in [0.05, 0.1) is 0 Å². The van der Waals surface area contributed by atoms with Crippen LogP contribution in [0.3, 0.4) is 0 Å². The number of rotatable bonds is 3. The molecule has 0 fully saturated rings. The maximum atomic E-state index is 10.5. The van der Waals surface area contributed by atoms with Gasteiger partial charge in [-0.1, -0.05) is 0 Å². The van der Waals surface area contributed by atoms with E-state index in [9.17, 15) is 4.79 Å². The zero-order valence-corrected chi connectivity index (χ0v) is 6.63. The van der Waals surface area contributed by atoms with Crippen LogP contribution < -0.4 is 10.7 Å². The van der Waals surface area contributed by atoms with Gasteiger partial charge >= 0.3 is 11.8 Å². The highest BCUT2D eigenvalue weighted by molar-refractivity contribution is 5.21. The monoisotopic (exact) mass is 157 g/mol. The standard InChI is InChI=1S/C6H11N3O2/c1-3-9(4-2)5-7-8-6(10)11-5/h3-4H2,1-2H3,(H,8,10). The lowest BCUT2D eigenvalue weighted by atomic mass is 10.6. The van der Waals surface area contributed by atoms with E-state index in [1.165, 1.54) is 0 Å². The molecule has 0 amide bonds. The first kappa shape index (κ1) is 7.84. The molecule has 1 aromatic heterocycles. The Kier molecular flexibility index (Phi) is 2.30. The number of H-pyrrole nitrogens is 1. The zero-order valence-electron chi connectivity index (χ0n) is 6.63. The summed E-state index contributed by atoms with van der Waals surface area (Å²) in [5.41, 5.74) is 0. The summed E-state index contributed by atoms with van der Waals surface area (Å²) in [5.74, 6) is -0.508. The number of nitrogens with one attached hydrogen (secondary N) is 1. The number of nitrogens with zero attached hydrogens (tertiary/aromatic N) is 2. The first-order valence-corrected chi connectivity index (χ1v) is 3.58. The van der Waals surface area contributed by atoms with Gasteiger partial charge in [0.1, 0.15) is 0 Å². The Balaban J connectivity index is 2.81. The van der Waals surface area contributed by atoms with Crippen LogP contribution in [0.4, 0.5) is 6.01 Å². The summed E-state index contributed by atoms with van der Waals surface area (Å²) in [4.78, 5) is 12.4. The van der Waals surface area contributed by atoms with Crippen LogP contribution in [-0.2, 0) is 0 Å². The summed E-state index contributed by atoms with van der Waals surface area (Å²) in [6.45, 7) is 5.50. The molecule has 0 aliphatic heterocycles. The fraction of sp³-hybridized carbons (Fsp3) is 0.667. The third-order valence-corrected chi connectivity index (χ3v) is 1.46. The van der Waals surface area contributed by atoms with Crippen LogP contribution in [0, 0.1) is 0 Å². The molecule has 62 valence electrons. The van der Waals surface area contributed by atoms with Crippen molar-refractivity contribution in [3.05, 3.63) is 10.6 Å². The summed E-state index contributed by atoms with van der Waals surface area (Å²) in [7, 11) is 0. The lowest BCUT2D eigenvalue weighted by Crippen LogP contribution is -2.22. The fourth-order valence-electron chi connectivity index (χ4n) is 0.851. The van der Waals surface area contributed by atoms with Crippen molar-refractivity contribution < 1.29 is 4.42 Å². The van der Waals surface area contributed by atoms with Gasteiger partial charge in [0.25, 0.3) is 0 Å². The third kappa shape index (κ3) is 1.60. The molecule has 1 aromatic rings. The Morgan fingerprint density at radius 1 is 1.55 bits per heavy atom. The van der Waals surface area contributed by atoms with Crippen LogP contribution >= 0.6 is 0 Å². The van der Waals surface area contributed by atoms with Crippen molar-refractivity contribution in [2.24, 2.45) is 0 Å². The molecule has 0 spiro atoms. The Hall–Kier alpha value is -1.26. The topological polar surface area (TPSA) is 62.1 Å². The minimum atomic E-state index is -0.508. The highest BCUT2D eigenvalue weighted by Gasteiger charge is 2.06. The largest absolute Gasteiger partial charge is 0.435 e. The lowest BCUT2D eigenvalue weighted by molar-refractivity contribution is 0.502. The molecule has 1 heterocycles. The summed E-state index contributed by atoms with van der Waals surface area (Å²) in [6.07, 6.45) is 0. The maximum Gasteiger partial charge on any atom is 0.435 e. The van der Waals surface area contributed by atoms with Crippen molar-refractivity contribution in [1.82, 2.24) is 10.2 Å². The first-order valence-electron chi connectivity index (χ1n) is 3.58. The minimum Gasteiger partial charge on any atom is -0.373 e. The summed E-state index contributed by atoms with van der Waals surface area (Å²) < 4.78 is 4.73. The third-order valence-electron chi connectivity index (χ3n) is 1.46. The average Bonchev–Trinajstić information content (AvgIpc) is 2.39. The molecular weight excluding hydrogens is 146 g/mol. The molecule has 0 aromatic carbocycles. The molecular formula is C6H11N3O2. The Labute approximate surface area is 64.0 Å². The molecule has 1 rings (SSSR count). The molecule has 11 heavy (non-hydrogen) atoms. The number of aromatic nitrogens is 2. The highest BCUT2D eigenvalue weighted by atomic mass is 16.4. The molecule has 0 aliphatic rings. The van der Waals surface area contributed by atoms with E-state index in [0.717, 1.165) is 13.1 Å². The van der Waals surface area contributed by atoms with Gasteiger partial charge in [-0.05, 0) is 13.8 Å². The second-order valence-electron chi connectivity index (χ2n) is 2.07. The summed E-state index contributed by atoms with van der Waals surface area (Å²) in [5, 5.41) is 5.88. The van der Waals surface area contributed by atoms with Crippen molar-refractivity contribution in [3.8, 4) is 0 Å². The minimum absolute atomic E-state index is 0.361. The van der Waals surface area contributed by atoms with Crippen LogP contribution in [0.15, 0.2) is 9.21 Å². The second kappa shape index (κ2) is 3.23. The summed E-state index contributed by atoms with van der Waals surface area (Å²) >= 11 is 0. The quantitative estimate of drug-likeness (QED) is 0.681. The Morgan fingerprint density at radius 3 is 2.55 bits per heavy atom. The maximum absolute atomic E-state index is 10.5. The number of hydrogen-bond acceptors (Lipinski definition) is 4. The highest BCUT2D eigenvalue weighted by Crippen LogP contribution is 2.03. The van der Waals surface area contributed by atoms with Gasteiger partial charge in [0.2, 0.25) is 0 Å². The van der Waals surface area contributed by atoms with Crippen molar-refractivity contribution in [2.45, 2.75) is 13.8 Å². The van der Waals surface area contributed by atoms with Crippen LogP contribution in [0.1, 0.15) is 13.8 Å². The van der Waals surface area contributed by atoms with Gasteiger partial charge in [-0.15, -0.1) is 5.10 Å². The molecule has 0 unspecified atom stereocenters. The average molecular weight is 157 g/mol. The number of anilines is 1. The Morgan fingerprint density at radius 2 is 2.18 bits per heavy atom. The van der Waals surface area contributed by atoms with Gasteiger partial charge in [-0.3, -0.25) is 0 Å². The van der Waals surface area contributed by atoms with Crippen molar-refractivity contribution in [1.29, 1.82) is 0 Å². The van der Waals surface area contributed by atoms with Crippen molar-refractivity contribution >= 4 is 6.01 Å². The van der Waals surface area contributed by atoms with Gasteiger partial charge < -0.3 is 9.32 Å². The first-order chi connectivity index (χ1) is 5.27. The van der Waals surface area contributed by atoms with Gasteiger partial charge in [-0.2, -0.15) is 0 Å². The second-order valence-corrected chi connectivity index (χ2v) is 2.07. The molecule has 0 aliphatic carbocycles. The molecule has 0 bridgehead atoms. The normalized spacial score (nSPS) is 10.0. The van der Waals surface area contributed by atoms with Gasteiger partial charge in [0.15, 0.2) is 0 Å². The molecule has 0 saturated heterocycles. The van der Waals surface area contributed by atoms with E-state index in [0.29, 0.717) is 6.01 Å². The van der Waals surface area contributed by atoms with E-state index < -0.39 is 5.76 Å². The molecule has 0 saturated carbocycles. The SMILES string of the molecule is CCN(CC)c1n[nH]c(=O)o1. The molecule has 0 radical (unpaired) electrons. The molecule has 1 N–H and O–H groups in total. The zero-order chi connectivity index (χ0) is 8.27. The number of hydrogen-bond donors (Lipinski definition) is 1. The smallest absolute Gasteiger partial charge is 0.373 e. The number of aromatic amines is 1. The molecule has 5 heteroatoms. The Bertz CT molecular complexity index is 261. The van der Waals surface area contributed by atoms with E-state index in [2.05, 4.69) is 10.2 Å². The summed E-state index contributed by atoms with van der Waals surface area (Å²) in [6, 6.07) is 0.361. The van der Waals surface area contributed by atoms with Gasteiger partial charge in [0, 0.05) is 13.1 Å². The van der Waals surface area contributed by atoms with Crippen molar-refractivity contribution in [3.63, 3.8) is 0 Å². The van der Waals surface area contributed by atoms with Crippen LogP contribution in [0.5, 0.6) is 0 Å². The predicted octanol–water partition coefficient (Wildman–Crippen LogP) is 0.209. The lowest BCUT2D eigenvalue weighted by Gasteiger charge is -2.13. The van der Waals surface area contributed by atoms with Crippen LogP contribution in [-0.4, -0.2) is 23.3 Å². The van der Waals surface area contributed by atoms with E-state index in [4.69, 9.17) is 4.42 Å². The fourth-order valence-corrected chi connectivity index (χ4v) is 0.851. The van der Waals surface area contributed by atoms with E-state index in [1.807, 2.05) is 18.7 Å². The predicted molar refractivity (Wildman–Crippen MR) is 40.7 cm³/mol. The van der Waals surface area contributed by atoms with Gasteiger partial charge in [-0.25, -0.2) is 9.89 Å². The van der Waals surface area contributed by atoms with Crippen LogP contribution in [0.25, 0.3) is 0 Å². The van der Waals surface area contributed by atoms with E-state index >= 15 is 0 Å². The molecule has 5 nitrogen and oxygen atoms in total.